The van der Waals surface area contributed by atoms with Crippen LogP contribution in [0.4, 0.5) is 0 Å². The lowest BCUT2D eigenvalue weighted by Crippen LogP contribution is -2.41. The van der Waals surface area contributed by atoms with Crippen molar-refractivity contribution in [2.75, 3.05) is 26.7 Å². The molecule has 2 nitrogen and oxygen atoms in total. The molecule has 0 amide bonds. The van der Waals surface area contributed by atoms with Crippen molar-refractivity contribution < 1.29 is 0 Å². The van der Waals surface area contributed by atoms with Gasteiger partial charge in [-0.1, -0.05) is 41.0 Å². The van der Waals surface area contributed by atoms with E-state index >= 15 is 0 Å². The van der Waals surface area contributed by atoms with Gasteiger partial charge in [0.25, 0.3) is 0 Å². The van der Waals surface area contributed by atoms with E-state index in [1.54, 1.807) is 0 Å². The molecule has 0 fully saturated rings. The Labute approximate surface area is 103 Å². The number of nitrogens with zero attached hydrogens (tertiary/aromatic N) is 1. The van der Waals surface area contributed by atoms with E-state index in [4.69, 9.17) is 0 Å². The van der Waals surface area contributed by atoms with Crippen LogP contribution in [0.15, 0.2) is 0 Å². The van der Waals surface area contributed by atoms with Gasteiger partial charge in [0.15, 0.2) is 0 Å². The molecule has 0 aromatic rings. The summed E-state index contributed by atoms with van der Waals surface area (Å²) in [6.45, 7) is 15.1. The van der Waals surface area contributed by atoms with E-state index in [2.05, 4.69) is 51.9 Å². The Kier molecular flexibility index (Phi) is 8.04. The topological polar surface area (TPSA) is 15.3 Å². The summed E-state index contributed by atoms with van der Waals surface area (Å²) in [5.74, 6) is 0. The van der Waals surface area contributed by atoms with Gasteiger partial charge in [0.1, 0.15) is 0 Å². The first-order valence-electron chi connectivity index (χ1n) is 6.85. The minimum absolute atomic E-state index is 0.360. The SMILES string of the molecule is CCCCN(CC)CCC(NC)C(C)(C)C. The minimum atomic E-state index is 0.360. The second-order valence-electron chi connectivity index (χ2n) is 5.78. The largest absolute Gasteiger partial charge is 0.316 e. The fraction of sp³-hybridized carbons (Fsp3) is 1.00. The maximum Gasteiger partial charge on any atom is 0.0125 e. The van der Waals surface area contributed by atoms with Gasteiger partial charge in [-0.15, -0.1) is 0 Å². The quantitative estimate of drug-likeness (QED) is 0.686. The van der Waals surface area contributed by atoms with E-state index < -0.39 is 0 Å². The maximum atomic E-state index is 3.45. The molecule has 0 aliphatic carbocycles. The molecular formula is C14H32N2. The highest BCUT2D eigenvalue weighted by atomic mass is 15.1. The van der Waals surface area contributed by atoms with Crippen LogP contribution in [0.2, 0.25) is 0 Å². The highest BCUT2D eigenvalue weighted by molar-refractivity contribution is 4.80. The number of hydrogen-bond acceptors (Lipinski definition) is 2. The summed E-state index contributed by atoms with van der Waals surface area (Å²) in [4.78, 5) is 2.57. The van der Waals surface area contributed by atoms with E-state index in [0.29, 0.717) is 11.5 Å². The summed E-state index contributed by atoms with van der Waals surface area (Å²) in [6, 6.07) is 0.614. The lowest BCUT2D eigenvalue weighted by atomic mass is 9.85. The molecule has 16 heavy (non-hydrogen) atoms. The van der Waals surface area contributed by atoms with Gasteiger partial charge in [-0.2, -0.15) is 0 Å². The van der Waals surface area contributed by atoms with Crippen LogP contribution in [0, 0.1) is 5.41 Å². The average Bonchev–Trinajstić information content (AvgIpc) is 2.21. The third-order valence-electron chi connectivity index (χ3n) is 3.40. The Morgan fingerprint density at radius 3 is 2.12 bits per heavy atom. The first kappa shape index (κ1) is 15.9. The van der Waals surface area contributed by atoms with E-state index in [0.717, 1.165) is 0 Å². The van der Waals surface area contributed by atoms with Crippen LogP contribution in [-0.4, -0.2) is 37.6 Å². The van der Waals surface area contributed by atoms with Crippen LogP contribution in [0.3, 0.4) is 0 Å². The highest BCUT2D eigenvalue weighted by Crippen LogP contribution is 2.21. The van der Waals surface area contributed by atoms with Crippen molar-refractivity contribution in [3.63, 3.8) is 0 Å². The molecule has 0 rings (SSSR count). The summed E-state index contributed by atoms with van der Waals surface area (Å²) in [5.41, 5.74) is 0.360. The van der Waals surface area contributed by atoms with E-state index in [-0.39, 0.29) is 0 Å². The van der Waals surface area contributed by atoms with Gasteiger partial charge in [0.05, 0.1) is 0 Å². The van der Waals surface area contributed by atoms with Gasteiger partial charge in [0.2, 0.25) is 0 Å². The van der Waals surface area contributed by atoms with Crippen molar-refractivity contribution in [3.8, 4) is 0 Å². The molecule has 0 spiro atoms. The third-order valence-corrected chi connectivity index (χ3v) is 3.40. The monoisotopic (exact) mass is 228 g/mol. The van der Waals surface area contributed by atoms with Gasteiger partial charge in [0, 0.05) is 6.04 Å². The van der Waals surface area contributed by atoms with E-state index in [1.165, 1.54) is 38.9 Å². The summed E-state index contributed by atoms with van der Waals surface area (Å²) < 4.78 is 0. The Hall–Kier alpha value is -0.0800. The second kappa shape index (κ2) is 8.08. The van der Waals surface area contributed by atoms with Gasteiger partial charge in [-0.3, -0.25) is 0 Å². The Morgan fingerprint density at radius 1 is 1.12 bits per heavy atom. The van der Waals surface area contributed by atoms with Crippen molar-refractivity contribution >= 4 is 0 Å². The van der Waals surface area contributed by atoms with Crippen molar-refractivity contribution in [1.29, 1.82) is 0 Å². The molecule has 1 N–H and O–H groups in total. The molecule has 0 heterocycles. The zero-order valence-electron chi connectivity index (χ0n) is 12.3. The second-order valence-corrected chi connectivity index (χ2v) is 5.78. The summed E-state index contributed by atoms with van der Waals surface area (Å²) in [6.07, 6.45) is 3.87. The zero-order chi connectivity index (χ0) is 12.6. The van der Waals surface area contributed by atoms with Crippen LogP contribution < -0.4 is 5.32 Å². The van der Waals surface area contributed by atoms with Crippen molar-refractivity contribution in [2.45, 2.75) is 59.9 Å². The third kappa shape index (κ3) is 6.49. The molecule has 0 saturated heterocycles. The van der Waals surface area contributed by atoms with Crippen LogP contribution in [0.5, 0.6) is 0 Å². The van der Waals surface area contributed by atoms with Gasteiger partial charge < -0.3 is 10.2 Å². The number of unbranched alkanes of at least 4 members (excludes halogenated alkanes) is 1. The standard InChI is InChI=1S/C14H32N2/c1-7-9-11-16(8-2)12-10-13(15-6)14(3,4)5/h13,15H,7-12H2,1-6H3. The molecule has 0 aliphatic rings. The van der Waals surface area contributed by atoms with Crippen molar-refractivity contribution in [1.82, 2.24) is 10.2 Å². The summed E-state index contributed by atoms with van der Waals surface area (Å²) in [5, 5.41) is 3.45. The molecule has 1 unspecified atom stereocenters. The predicted molar refractivity (Wildman–Crippen MR) is 73.9 cm³/mol. The molecular weight excluding hydrogens is 196 g/mol. The number of hydrogen-bond donors (Lipinski definition) is 1. The lowest BCUT2D eigenvalue weighted by molar-refractivity contribution is 0.214. The zero-order valence-corrected chi connectivity index (χ0v) is 12.3. The van der Waals surface area contributed by atoms with Crippen molar-refractivity contribution in [3.05, 3.63) is 0 Å². The Bertz CT molecular complexity index is 161. The highest BCUT2D eigenvalue weighted by Gasteiger charge is 2.22. The molecule has 0 aromatic heterocycles. The van der Waals surface area contributed by atoms with Gasteiger partial charge >= 0.3 is 0 Å². The van der Waals surface area contributed by atoms with Crippen LogP contribution in [0.25, 0.3) is 0 Å². The smallest absolute Gasteiger partial charge is 0.0125 e. The molecule has 0 bridgehead atoms. The van der Waals surface area contributed by atoms with Gasteiger partial charge in [-0.25, -0.2) is 0 Å². The Balaban J connectivity index is 3.98. The molecule has 0 aliphatic heterocycles. The fourth-order valence-corrected chi connectivity index (χ4v) is 2.13. The molecule has 0 radical (unpaired) electrons. The van der Waals surface area contributed by atoms with Crippen LogP contribution in [-0.2, 0) is 0 Å². The lowest BCUT2D eigenvalue weighted by Gasteiger charge is -2.32. The molecule has 98 valence electrons. The number of nitrogens with one attached hydrogen (secondary N) is 1. The van der Waals surface area contributed by atoms with Crippen molar-refractivity contribution in [2.24, 2.45) is 5.41 Å². The number of rotatable bonds is 8. The molecule has 0 saturated carbocycles. The maximum absolute atomic E-state index is 3.45. The summed E-state index contributed by atoms with van der Waals surface area (Å²) >= 11 is 0. The average molecular weight is 228 g/mol. The van der Waals surface area contributed by atoms with E-state index in [1.807, 2.05) is 0 Å². The Morgan fingerprint density at radius 2 is 1.75 bits per heavy atom. The fourth-order valence-electron chi connectivity index (χ4n) is 2.13. The molecule has 0 aromatic carbocycles. The first-order valence-corrected chi connectivity index (χ1v) is 6.85. The van der Waals surface area contributed by atoms with Gasteiger partial charge in [-0.05, 0) is 44.9 Å². The first-order chi connectivity index (χ1) is 7.45. The predicted octanol–water partition coefficient (Wildman–Crippen LogP) is 3.13. The van der Waals surface area contributed by atoms with E-state index in [9.17, 15) is 0 Å². The normalized spacial score (nSPS) is 14.4. The van der Waals surface area contributed by atoms with Crippen LogP contribution in [0.1, 0.15) is 53.9 Å². The minimum Gasteiger partial charge on any atom is -0.316 e. The van der Waals surface area contributed by atoms with Crippen LogP contribution >= 0.6 is 0 Å². The summed E-state index contributed by atoms with van der Waals surface area (Å²) in [7, 11) is 2.08. The molecule has 2 heteroatoms. The molecule has 1 atom stereocenters.